The highest BCUT2D eigenvalue weighted by Crippen LogP contribution is 2.26. The molecule has 23 heteroatoms. The zero-order chi connectivity index (χ0) is 63.2. The maximum atomic E-state index is 15.2. The molecule has 0 aliphatic carbocycles. The van der Waals surface area contributed by atoms with Gasteiger partial charge in [-0.1, -0.05) is 95.2 Å². The summed E-state index contributed by atoms with van der Waals surface area (Å²) in [5.74, 6) is -8.77. The molecule has 0 aliphatic rings. The average Bonchev–Trinajstić information content (AvgIpc) is 3.38. The predicted molar refractivity (Wildman–Crippen MR) is 310 cm³/mol. The Balaban J connectivity index is 7.20. The van der Waals surface area contributed by atoms with Crippen molar-refractivity contribution < 1.29 is 62.2 Å². The molecule has 23 nitrogen and oxygen atoms in total. The monoisotopic (exact) mass is 1150 g/mol. The quantitative estimate of drug-likeness (QED) is 0.0543. The Labute approximate surface area is 483 Å². The summed E-state index contributed by atoms with van der Waals surface area (Å²) >= 11 is 0. The second-order valence-corrected chi connectivity index (χ2v) is 23.6. The lowest BCUT2D eigenvalue weighted by molar-refractivity contribution is -0.164. The van der Waals surface area contributed by atoms with Gasteiger partial charge in [-0.25, -0.2) is 0 Å². The maximum absolute atomic E-state index is 15.2. The predicted octanol–water partition coefficient (Wildman–Crippen LogP) is 2.97. The van der Waals surface area contributed by atoms with Crippen molar-refractivity contribution >= 4 is 65.1 Å². The van der Waals surface area contributed by atoms with Crippen LogP contribution in [0.25, 0.3) is 0 Å². The molecule has 0 aromatic rings. The fraction of sp³-hybridized carbons (Fsp3) is 0.776. The van der Waals surface area contributed by atoms with E-state index in [2.05, 4.69) is 16.0 Å². The van der Waals surface area contributed by atoms with Crippen LogP contribution in [-0.2, 0) is 62.2 Å². The molecule has 0 aliphatic heterocycles. The molecule has 0 rings (SSSR count). The Kier molecular flexibility index (Phi) is 32.3. The van der Waals surface area contributed by atoms with Crippen molar-refractivity contribution in [3.8, 4) is 0 Å². The first-order valence-corrected chi connectivity index (χ1v) is 28.5. The lowest BCUT2D eigenvalue weighted by atomic mass is 9.91. The standard InChI is InChI=1S/C58H104N10O13/c1-24-26-27-37(13)49(81-40(16)69)48(52(73)62-41(25-2)54(75)63(17)31-45(70)80-23)68(22)58(79)47(36(11)12)67(21)56(77)44(30-34(7)8)66(20)55(76)43(29-33(5)6)65(19)53(74)39(15)61-50(71)38(14)60-51(72)42(28-32(3)4)64(18)57(78)46(59)35(9)10/h24,26,32-39,41-44,46-49H,25,27-31,59H2,1-23H3,(H,60,72)(H,61,71)(H,62,73)/b26-24+. The number of nitrogens with zero attached hydrogens (tertiary/aromatic N) is 6. The minimum Gasteiger partial charge on any atom is -0.468 e. The van der Waals surface area contributed by atoms with Crippen LogP contribution >= 0.6 is 0 Å². The molecular formula is C58H104N10O13. The Hall–Kier alpha value is -6.13. The SMILES string of the molecule is C/C=C/CC(C)C(OC(C)=O)C(C(=O)NC(CC)C(=O)N(C)CC(=O)OC)N(C)C(=O)C(C(C)C)N(C)C(=O)C(CC(C)C)N(C)C(=O)C(CC(C)C)N(C)C(=O)C(C)NC(=O)C(C)NC(=O)C(CC(C)C)N(C)C(=O)C(N)C(C)C. The summed E-state index contributed by atoms with van der Waals surface area (Å²) < 4.78 is 10.6. The molecule has 0 fully saturated rings. The minimum atomic E-state index is -1.55. The van der Waals surface area contributed by atoms with Gasteiger partial charge < -0.3 is 60.6 Å². The van der Waals surface area contributed by atoms with E-state index in [-0.39, 0.29) is 42.9 Å². The highest BCUT2D eigenvalue weighted by atomic mass is 16.5. The van der Waals surface area contributed by atoms with Crippen LogP contribution in [0.15, 0.2) is 12.2 Å². The first-order valence-electron chi connectivity index (χ1n) is 28.5. The highest BCUT2D eigenvalue weighted by Gasteiger charge is 2.46. The molecule has 11 unspecified atom stereocenters. The van der Waals surface area contributed by atoms with E-state index < -0.39 is 144 Å². The lowest BCUT2D eigenvalue weighted by Crippen LogP contribution is -2.64. The number of allylic oxidation sites excluding steroid dienone is 2. The van der Waals surface area contributed by atoms with Crippen LogP contribution in [-0.4, -0.2) is 211 Å². The molecule has 0 bridgehead atoms. The number of carbonyl (C=O) groups excluding carboxylic acids is 11. The Morgan fingerprint density at radius 1 is 0.519 bits per heavy atom. The molecule has 0 heterocycles. The number of hydrogen-bond donors (Lipinski definition) is 4. The van der Waals surface area contributed by atoms with E-state index >= 15 is 9.59 Å². The van der Waals surface area contributed by atoms with Gasteiger partial charge in [0.05, 0.1) is 13.2 Å². The zero-order valence-corrected chi connectivity index (χ0v) is 53.2. The number of ether oxygens (including phenoxy) is 2. The van der Waals surface area contributed by atoms with Crippen molar-refractivity contribution in [3.63, 3.8) is 0 Å². The summed E-state index contributed by atoms with van der Waals surface area (Å²) in [5.41, 5.74) is 6.14. The van der Waals surface area contributed by atoms with Gasteiger partial charge in [0.15, 0.2) is 0 Å². The summed E-state index contributed by atoms with van der Waals surface area (Å²) in [6, 6.07) is -10.4. The highest BCUT2D eigenvalue weighted by molar-refractivity contribution is 5.98. The second kappa shape index (κ2) is 35.0. The Bertz CT molecular complexity index is 2170. The summed E-state index contributed by atoms with van der Waals surface area (Å²) in [5, 5.41) is 8.06. The van der Waals surface area contributed by atoms with E-state index in [4.69, 9.17) is 15.2 Å². The molecule has 11 atom stereocenters. The summed E-state index contributed by atoms with van der Waals surface area (Å²) in [4.78, 5) is 160. The maximum Gasteiger partial charge on any atom is 0.325 e. The van der Waals surface area contributed by atoms with Crippen molar-refractivity contribution in [1.29, 1.82) is 0 Å². The fourth-order valence-electron chi connectivity index (χ4n) is 9.45. The first kappa shape index (κ1) is 74.9. The van der Waals surface area contributed by atoms with Gasteiger partial charge in [-0.2, -0.15) is 0 Å². The Morgan fingerprint density at radius 3 is 1.40 bits per heavy atom. The minimum absolute atomic E-state index is 0.00428. The molecule has 0 radical (unpaired) electrons. The summed E-state index contributed by atoms with van der Waals surface area (Å²) in [6.45, 7) is 27.2. The fourth-order valence-corrected chi connectivity index (χ4v) is 9.45. The smallest absolute Gasteiger partial charge is 0.325 e. The van der Waals surface area contributed by atoms with Crippen molar-refractivity contribution in [2.45, 2.75) is 203 Å². The number of carbonyl (C=O) groups is 11. The molecule has 0 aromatic heterocycles. The van der Waals surface area contributed by atoms with Gasteiger partial charge in [-0.15, -0.1) is 0 Å². The number of likely N-dealkylation sites (N-methyl/N-ethyl adjacent to an activating group) is 6. The third kappa shape index (κ3) is 22.6. The van der Waals surface area contributed by atoms with Crippen molar-refractivity contribution in [2.75, 3.05) is 55.9 Å². The molecule has 0 saturated carbocycles. The topological polar surface area (TPSA) is 288 Å². The normalized spacial score (nSPS) is 15.7. The van der Waals surface area contributed by atoms with Crippen LogP contribution in [0, 0.1) is 35.5 Å². The average molecular weight is 1150 g/mol. The number of rotatable bonds is 33. The van der Waals surface area contributed by atoms with E-state index in [9.17, 15) is 43.2 Å². The van der Waals surface area contributed by atoms with Crippen LogP contribution in [0.2, 0.25) is 0 Å². The van der Waals surface area contributed by atoms with E-state index in [0.717, 1.165) is 9.80 Å². The molecule has 9 amide bonds. The molecule has 0 spiro atoms. The van der Waals surface area contributed by atoms with Crippen LogP contribution in [0.3, 0.4) is 0 Å². The molecule has 0 saturated heterocycles. The van der Waals surface area contributed by atoms with E-state index in [1.54, 1.807) is 54.5 Å². The van der Waals surface area contributed by atoms with Gasteiger partial charge in [-0.3, -0.25) is 52.7 Å². The largest absolute Gasteiger partial charge is 0.468 e. The van der Waals surface area contributed by atoms with Gasteiger partial charge >= 0.3 is 11.9 Å². The van der Waals surface area contributed by atoms with Gasteiger partial charge in [0.1, 0.15) is 61.0 Å². The number of esters is 2. The number of amides is 9. The summed E-state index contributed by atoms with van der Waals surface area (Å²) in [6.07, 6.45) is 3.33. The zero-order valence-electron chi connectivity index (χ0n) is 53.2. The van der Waals surface area contributed by atoms with Crippen LogP contribution in [0.1, 0.15) is 143 Å². The molecule has 0 aromatic carbocycles. The number of nitrogens with one attached hydrogen (secondary N) is 3. The van der Waals surface area contributed by atoms with Crippen LogP contribution < -0.4 is 21.7 Å². The molecule has 81 heavy (non-hydrogen) atoms. The molecule has 464 valence electrons. The van der Waals surface area contributed by atoms with E-state index in [0.29, 0.717) is 12.8 Å². The van der Waals surface area contributed by atoms with E-state index in [1.165, 1.54) is 89.8 Å². The third-order valence-corrected chi connectivity index (χ3v) is 14.5. The number of hydrogen-bond acceptors (Lipinski definition) is 14. The van der Waals surface area contributed by atoms with Crippen LogP contribution in [0.4, 0.5) is 0 Å². The Morgan fingerprint density at radius 2 is 0.963 bits per heavy atom. The van der Waals surface area contributed by atoms with Gasteiger partial charge in [0.2, 0.25) is 53.2 Å². The van der Waals surface area contributed by atoms with Crippen molar-refractivity contribution in [3.05, 3.63) is 12.2 Å². The molecule has 5 N–H and O–H groups in total. The van der Waals surface area contributed by atoms with Crippen molar-refractivity contribution in [2.24, 2.45) is 41.2 Å². The summed E-state index contributed by atoms with van der Waals surface area (Å²) in [7, 11) is 9.73. The van der Waals surface area contributed by atoms with E-state index in [1.807, 2.05) is 47.6 Å². The van der Waals surface area contributed by atoms with Crippen LogP contribution in [0.5, 0.6) is 0 Å². The van der Waals surface area contributed by atoms with Gasteiger partial charge in [-0.05, 0) is 88.4 Å². The number of methoxy groups -OCH3 is 1. The molecular weight excluding hydrogens is 1040 g/mol. The second-order valence-electron chi connectivity index (χ2n) is 23.6. The number of nitrogens with two attached hydrogens (primary N) is 1. The van der Waals surface area contributed by atoms with Gasteiger partial charge in [0.25, 0.3) is 0 Å². The van der Waals surface area contributed by atoms with Crippen molar-refractivity contribution in [1.82, 2.24) is 45.3 Å². The first-order chi connectivity index (χ1) is 37.4. The van der Waals surface area contributed by atoms with Gasteiger partial charge in [0, 0.05) is 49.2 Å². The third-order valence-electron chi connectivity index (χ3n) is 14.5. The lowest BCUT2D eigenvalue weighted by Gasteiger charge is -2.42.